The maximum Gasteiger partial charge on any atom is 0.460 e. The molecule has 172 valence electrons. The largest absolute Gasteiger partial charge is 0.460 e. The highest BCUT2D eigenvalue weighted by molar-refractivity contribution is 5.64. The maximum absolute atomic E-state index is 13.9. The van der Waals surface area contributed by atoms with Crippen molar-refractivity contribution in [1.29, 1.82) is 0 Å². The first-order chi connectivity index (χ1) is 14.0. The van der Waals surface area contributed by atoms with E-state index in [1.807, 2.05) is 0 Å². The molecule has 0 spiro atoms. The van der Waals surface area contributed by atoms with Crippen LogP contribution in [0.2, 0.25) is 0 Å². The molecule has 1 N–H and O–H groups in total. The van der Waals surface area contributed by atoms with Crippen LogP contribution in [0.25, 0.3) is 11.1 Å². The summed E-state index contributed by atoms with van der Waals surface area (Å²) >= 11 is 0. The lowest BCUT2D eigenvalue weighted by atomic mass is 9.91. The molecule has 0 aromatic heterocycles. The minimum atomic E-state index is -7.49. The molecule has 2 rings (SSSR count). The molecule has 31 heavy (non-hydrogen) atoms. The second kappa shape index (κ2) is 7.95. The van der Waals surface area contributed by atoms with E-state index >= 15 is 0 Å². The smallest absolute Gasteiger partial charge is 0.388 e. The van der Waals surface area contributed by atoms with Crippen molar-refractivity contribution < 1.29 is 53.4 Å². The van der Waals surface area contributed by atoms with Crippen molar-refractivity contribution in [3.05, 3.63) is 60.2 Å². The Balaban J connectivity index is 2.34. The monoisotopic (exact) mass is 466 g/mol. The van der Waals surface area contributed by atoms with Crippen molar-refractivity contribution in [3.63, 3.8) is 0 Å². The van der Waals surface area contributed by atoms with Gasteiger partial charge in [-0.2, -0.15) is 48.3 Å². The van der Waals surface area contributed by atoms with Crippen molar-refractivity contribution >= 4 is 0 Å². The number of alkyl halides is 11. The number of rotatable bonds is 7. The Bertz CT molecular complexity index is 891. The van der Waals surface area contributed by atoms with Crippen LogP contribution in [0.1, 0.15) is 18.1 Å². The van der Waals surface area contributed by atoms with E-state index in [0.29, 0.717) is 11.1 Å². The van der Waals surface area contributed by atoms with E-state index in [2.05, 4.69) is 0 Å². The summed E-state index contributed by atoms with van der Waals surface area (Å²) in [6, 6.07) is 12.6. The molecule has 1 atom stereocenters. The topological polar surface area (TPSA) is 20.2 Å². The Morgan fingerprint density at radius 3 is 1.65 bits per heavy atom. The summed E-state index contributed by atoms with van der Waals surface area (Å²) < 4.78 is 144. The third-order valence-electron chi connectivity index (χ3n) is 4.43. The molecule has 0 aliphatic carbocycles. The Morgan fingerprint density at radius 2 is 1.13 bits per heavy atom. The highest BCUT2D eigenvalue weighted by Gasteiger charge is 2.87. The van der Waals surface area contributed by atoms with Gasteiger partial charge in [0.1, 0.15) is 0 Å². The first-order valence-corrected chi connectivity index (χ1v) is 8.37. The van der Waals surface area contributed by atoms with Crippen molar-refractivity contribution in [3.8, 4) is 11.1 Å². The first kappa shape index (κ1) is 24.9. The van der Waals surface area contributed by atoms with Crippen LogP contribution in [0.4, 0.5) is 48.3 Å². The zero-order chi connectivity index (χ0) is 23.9. The molecule has 0 amide bonds. The molecule has 0 bridgehead atoms. The third-order valence-corrected chi connectivity index (χ3v) is 4.43. The Hall–Kier alpha value is -2.37. The van der Waals surface area contributed by atoms with Gasteiger partial charge < -0.3 is 5.11 Å². The fourth-order valence-electron chi connectivity index (χ4n) is 2.65. The van der Waals surface area contributed by atoms with Gasteiger partial charge in [0.25, 0.3) is 0 Å². The van der Waals surface area contributed by atoms with Gasteiger partial charge in [0.15, 0.2) is 0 Å². The molecule has 0 aliphatic rings. The highest BCUT2D eigenvalue weighted by atomic mass is 19.4. The van der Waals surface area contributed by atoms with Crippen LogP contribution in [0, 0.1) is 0 Å². The molecule has 2 aromatic rings. The van der Waals surface area contributed by atoms with Gasteiger partial charge in [0.05, 0.1) is 6.10 Å². The zero-order valence-corrected chi connectivity index (χ0v) is 15.1. The van der Waals surface area contributed by atoms with Crippen LogP contribution in [0.15, 0.2) is 54.6 Å². The van der Waals surface area contributed by atoms with E-state index < -0.39 is 48.0 Å². The summed E-state index contributed by atoms with van der Waals surface area (Å²) in [4.78, 5) is 0. The SMILES string of the molecule is OC(CC(F)(F)C(F)(F)C(F)(F)C(F)(F)C(F)(F)F)c1cccc(-c2ccccc2)c1. The van der Waals surface area contributed by atoms with Gasteiger partial charge in [-0.3, -0.25) is 0 Å². The van der Waals surface area contributed by atoms with Gasteiger partial charge in [-0.1, -0.05) is 48.5 Å². The Kier molecular flexibility index (Phi) is 6.39. The highest BCUT2D eigenvalue weighted by Crippen LogP contribution is 2.58. The average molecular weight is 466 g/mol. The van der Waals surface area contributed by atoms with E-state index in [1.165, 1.54) is 12.1 Å². The molecule has 0 aliphatic heterocycles. The lowest BCUT2D eigenvalue weighted by Crippen LogP contribution is -2.66. The predicted octanol–water partition coefficient (Wildman–Crippen LogP) is 6.88. The second-order valence-electron chi connectivity index (χ2n) is 6.64. The maximum atomic E-state index is 13.9. The summed E-state index contributed by atoms with van der Waals surface area (Å²) in [6.45, 7) is 0. The molecule has 0 saturated carbocycles. The molecule has 0 heterocycles. The van der Waals surface area contributed by atoms with Crippen LogP contribution in [0.5, 0.6) is 0 Å². The minimum absolute atomic E-state index is 0.307. The number of halogens is 11. The standard InChI is InChI=1S/C19H13F11O/c20-15(21,16(22,23)17(24,25)18(26,27)19(28,29)30)10-14(31)13-8-4-7-12(9-13)11-5-2-1-3-6-11/h1-9,14,31H,10H2. The lowest BCUT2D eigenvalue weighted by molar-refractivity contribution is -0.423. The molecular formula is C19H13F11O. The predicted molar refractivity (Wildman–Crippen MR) is 87.3 cm³/mol. The summed E-state index contributed by atoms with van der Waals surface area (Å²) in [6.07, 6.45) is -12.3. The van der Waals surface area contributed by atoms with Gasteiger partial charge >= 0.3 is 29.9 Å². The van der Waals surface area contributed by atoms with E-state index in [9.17, 15) is 53.4 Å². The number of aliphatic hydroxyl groups excluding tert-OH is 1. The van der Waals surface area contributed by atoms with Crippen molar-refractivity contribution in [2.24, 2.45) is 0 Å². The van der Waals surface area contributed by atoms with E-state index in [1.54, 1.807) is 30.3 Å². The van der Waals surface area contributed by atoms with E-state index in [4.69, 9.17) is 0 Å². The van der Waals surface area contributed by atoms with Crippen LogP contribution in [-0.4, -0.2) is 35.0 Å². The van der Waals surface area contributed by atoms with Crippen LogP contribution in [0.3, 0.4) is 0 Å². The van der Waals surface area contributed by atoms with Crippen molar-refractivity contribution in [1.82, 2.24) is 0 Å². The first-order valence-electron chi connectivity index (χ1n) is 8.37. The van der Waals surface area contributed by atoms with Gasteiger partial charge in [-0.15, -0.1) is 0 Å². The van der Waals surface area contributed by atoms with Crippen LogP contribution < -0.4 is 0 Å². The van der Waals surface area contributed by atoms with Crippen LogP contribution >= 0.6 is 0 Å². The van der Waals surface area contributed by atoms with Crippen molar-refractivity contribution in [2.75, 3.05) is 0 Å². The summed E-state index contributed by atoms with van der Waals surface area (Å²) in [7, 11) is 0. The molecule has 1 unspecified atom stereocenters. The Morgan fingerprint density at radius 1 is 0.613 bits per heavy atom. The Labute approximate surface area is 168 Å². The lowest BCUT2D eigenvalue weighted by Gasteiger charge is -2.37. The normalized spacial score (nSPS) is 15.1. The van der Waals surface area contributed by atoms with Crippen molar-refractivity contribution in [2.45, 2.75) is 42.4 Å². The van der Waals surface area contributed by atoms with E-state index in [-0.39, 0.29) is 0 Å². The molecule has 2 aromatic carbocycles. The number of benzene rings is 2. The fourth-order valence-corrected chi connectivity index (χ4v) is 2.65. The molecule has 12 heteroatoms. The third kappa shape index (κ3) is 4.35. The number of hydrogen-bond donors (Lipinski definition) is 1. The number of aliphatic hydroxyl groups is 1. The van der Waals surface area contributed by atoms with Gasteiger partial charge in [0.2, 0.25) is 0 Å². The average Bonchev–Trinajstić information content (AvgIpc) is 2.67. The quantitative estimate of drug-likeness (QED) is 0.441. The molecule has 0 fully saturated rings. The van der Waals surface area contributed by atoms with E-state index in [0.717, 1.165) is 12.1 Å². The molecule has 1 nitrogen and oxygen atoms in total. The summed E-state index contributed by atoms with van der Waals surface area (Å²) in [5, 5.41) is 9.85. The second-order valence-corrected chi connectivity index (χ2v) is 6.64. The van der Waals surface area contributed by atoms with Crippen LogP contribution in [-0.2, 0) is 0 Å². The van der Waals surface area contributed by atoms with Gasteiger partial charge in [-0.05, 0) is 22.8 Å². The van der Waals surface area contributed by atoms with Gasteiger partial charge in [0, 0.05) is 6.42 Å². The summed E-state index contributed by atoms with van der Waals surface area (Å²) in [5.74, 6) is -28.2. The molecule has 0 radical (unpaired) electrons. The zero-order valence-electron chi connectivity index (χ0n) is 15.1. The summed E-state index contributed by atoms with van der Waals surface area (Å²) in [5.41, 5.74) is 0.342. The van der Waals surface area contributed by atoms with Gasteiger partial charge in [-0.25, -0.2) is 0 Å². The number of hydrogen-bond acceptors (Lipinski definition) is 1. The molecule has 0 saturated heterocycles. The molecular weight excluding hydrogens is 453 g/mol. The minimum Gasteiger partial charge on any atom is -0.388 e. The fraction of sp³-hybridized carbons (Fsp3) is 0.368.